The van der Waals surface area contributed by atoms with Crippen LogP contribution in [0.3, 0.4) is 0 Å². The highest BCUT2D eigenvalue weighted by Crippen LogP contribution is 2.27. The second-order valence-corrected chi connectivity index (χ2v) is 8.27. The zero-order chi connectivity index (χ0) is 22.5. The van der Waals surface area contributed by atoms with E-state index in [9.17, 15) is 4.79 Å². The number of hydrogen-bond donors (Lipinski definition) is 2. The number of nitrogens with one attached hydrogen (secondary N) is 1. The molecule has 0 aromatic heterocycles. The number of anilines is 1. The van der Waals surface area contributed by atoms with Gasteiger partial charge in [0.05, 0.1) is 12.7 Å². The molecule has 1 aliphatic rings. The first-order valence-electron chi connectivity index (χ1n) is 11.0. The van der Waals surface area contributed by atoms with E-state index in [1.807, 2.05) is 25.1 Å². The largest absolute Gasteiger partial charge is 0.482 e. The van der Waals surface area contributed by atoms with Crippen molar-refractivity contribution in [2.75, 3.05) is 37.7 Å². The Balaban J connectivity index is 1.37. The van der Waals surface area contributed by atoms with Crippen LogP contribution in [0.4, 0.5) is 5.69 Å². The Bertz CT molecular complexity index is 1080. The summed E-state index contributed by atoms with van der Waals surface area (Å²) in [5.41, 5.74) is 3.32. The zero-order valence-corrected chi connectivity index (χ0v) is 18.6. The maximum absolute atomic E-state index is 10.7. The summed E-state index contributed by atoms with van der Waals surface area (Å²) in [5, 5.41) is 15.0. The minimum atomic E-state index is -0.977. The first kappa shape index (κ1) is 22.1. The number of carboxylic acid groups (broad SMARTS) is 1. The summed E-state index contributed by atoms with van der Waals surface area (Å²) in [6, 6.07) is 21.0. The summed E-state index contributed by atoms with van der Waals surface area (Å²) in [5.74, 6) is -0.374. The topological polar surface area (TPSA) is 71.0 Å². The molecule has 0 radical (unpaired) electrons. The van der Waals surface area contributed by atoms with Gasteiger partial charge in [-0.15, -0.1) is 0 Å². The van der Waals surface area contributed by atoms with Gasteiger partial charge < -0.3 is 24.8 Å². The highest BCUT2D eigenvalue weighted by molar-refractivity contribution is 5.86. The number of hydrogen-bond acceptors (Lipinski definition) is 5. The SMILES string of the molecule is Cc1cc(N2CCOC(CN[C@H](C)c3cccc4ccccc34)C2)ccc1OCC(=O)O. The van der Waals surface area contributed by atoms with Crippen LogP contribution in [0.15, 0.2) is 60.7 Å². The molecule has 4 rings (SSSR count). The van der Waals surface area contributed by atoms with E-state index < -0.39 is 5.97 Å². The van der Waals surface area contributed by atoms with Gasteiger partial charge in [-0.25, -0.2) is 4.79 Å². The van der Waals surface area contributed by atoms with Crippen LogP contribution in [0, 0.1) is 6.92 Å². The van der Waals surface area contributed by atoms with Gasteiger partial charge in [0.2, 0.25) is 0 Å². The summed E-state index contributed by atoms with van der Waals surface area (Å²) in [6.45, 7) is 6.85. The number of aliphatic carboxylic acids is 1. The highest BCUT2D eigenvalue weighted by Gasteiger charge is 2.22. The maximum atomic E-state index is 10.7. The molecule has 0 amide bonds. The predicted octanol–water partition coefficient (Wildman–Crippen LogP) is 4.17. The molecule has 6 nitrogen and oxygen atoms in total. The lowest BCUT2D eigenvalue weighted by atomic mass is 9.99. The molecule has 1 saturated heterocycles. The minimum absolute atomic E-state index is 0.0874. The second-order valence-electron chi connectivity index (χ2n) is 8.27. The number of fused-ring (bicyclic) bond motifs is 1. The third-order valence-corrected chi connectivity index (χ3v) is 5.96. The van der Waals surface area contributed by atoms with E-state index in [1.165, 1.54) is 16.3 Å². The van der Waals surface area contributed by atoms with E-state index >= 15 is 0 Å². The molecule has 0 bridgehead atoms. The Morgan fingerprint density at radius 1 is 1.22 bits per heavy atom. The number of carbonyl (C=O) groups is 1. The molecule has 0 aliphatic carbocycles. The molecular weight excluding hydrogens is 404 g/mol. The van der Waals surface area contributed by atoms with Crippen LogP contribution in [-0.2, 0) is 9.53 Å². The normalized spacial score (nSPS) is 17.3. The molecule has 0 spiro atoms. The van der Waals surface area contributed by atoms with E-state index in [2.05, 4.69) is 59.6 Å². The van der Waals surface area contributed by atoms with Gasteiger partial charge in [-0.2, -0.15) is 0 Å². The van der Waals surface area contributed by atoms with Gasteiger partial charge in [-0.1, -0.05) is 42.5 Å². The molecule has 3 aromatic carbocycles. The third kappa shape index (κ3) is 5.21. The second kappa shape index (κ2) is 10.0. The number of nitrogens with zero attached hydrogens (tertiary/aromatic N) is 1. The number of benzene rings is 3. The van der Waals surface area contributed by atoms with Crippen molar-refractivity contribution in [2.45, 2.75) is 26.0 Å². The third-order valence-electron chi connectivity index (χ3n) is 5.96. The number of ether oxygens (including phenoxy) is 2. The molecule has 2 N–H and O–H groups in total. The summed E-state index contributed by atoms with van der Waals surface area (Å²) >= 11 is 0. The molecule has 1 heterocycles. The molecule has 32 heavy (non-hydrogen) atoms. The van der Waals surface area contributed by atoms with Crippen molar-refractivity contribution in [2.24, 2.45) is 0 Å². The van der Waals surface area contributed by atoms with E-state index in [0.717, 1.165) is 30.9 Å². The molecule has 168 valence electrons. The van der Waals surface area contributed by atoms with Gasteiger partial charge in [0.1, 0.15) is 5.75 Å². The lowest BCUT2D eigenvalue weighted by molar-refractivity contribution is -0.139. The Labute approximate surface area is 188 Å². The van der Waals surface area contributed by atoms with Gasteiger partial charge in [0, 0.05) is 31.4 Å². The van der Waals surface area contributed by atoms with Crippen LogP contribution >= 0.6 is 0 Å². The van der Waals surface area contributed by atoms with Gasteiger partial charge in [-0.3, -0.25) is 0 Å². The molecule has 0 saturated carbocycles. The van der Waals surface area contributed by atoms with Crippen molar-refractivity contribution in [3.8, 4) is 5.75 Å². The average molecular weight is 435 g/mol. The number of rotatable bonds is 8. The summed E-state index contributed by atoms with van der Waals surface area (Å²) < 4.78 is 11.4. The van der Waals surface area contributed by atoms with Crippen LogP contribution in [0.1, 0.15) is 24.1 Å². The zero-order valence-electron chi connectivity index (χ0n) is 18.6. The van der Waals surface area contributed by atoms with Crippen molar-refractivity contribution < 1.29 is 19.4 Å². The first-order valence-corrected chi connectivity index (χ1v) is 11.0. The fourth-order valence-corrected chi connectivity index (χ4v) is 4.26. The van der Waals surface area contributed by atoms with E-state index in [4.69, 9.17) is 14.6 Å². The lowest BCUT2D eigenvalue weighted by Gasteiger charge is -2.35. The fourth-order valence-electron chi connectivity index (χ4n) is 4.26. The van der Waals surface area contributed by atoms with Gasteiger partial charge in [0.25, 0.3) is 0 Å². The number of carboxylic acids is 1. The average Bonchev–Trinajstić information content (AvgIpc) is 2.81. The highest BCUT2D eigenvalue weighted by atomic mass is 16.5. The summed E-state index contributed by atoms with van der Waals surface area (Å²) in [6.07, 6.45) is 0.0874. The molecule has 6 heteroatoms. The van der Waals surface area contributed by atoms with Crippen LogP contribution in [0.25, 0.3) is 10.8 Å². The Morgan fingerprint density at radius 3 is 2.84 bits per heavy atom. The number of morpholine rings is 1. The van der Waals surface area contributed by atoms with Crippen LogP contribution in [0.5, 0.6) is 5.75 Å². The fraction of sp³-hybridized carbons (Fsp3) is 0.346. The first-order chi connectivity index (χ1) is 15.5. The number of aryl methyl sites for hydroxylation is 1. The predicted molar refractivity (Wildman–Crippen MR) is 127 cm³/mol. The van der Waals surface area contributed by atoms with E-state index in [0.29, 0.717) is 12.4 Å². The maximum Gasteiger partial charge on any atom is 0.341 e. The van der Waals surface area contributed by atoms with Gasteiger partial charge >= 0.3 is 5.97 Å². The van der Waals surface area contributed by atoms with Gasteiger partial charge in [-0.05, 0) is 53.9 Å². The standard InChI is InChI=1S/C26H30N2O4/c1-18-14-21(10-11-25(18)32-17-26(29)30)28-12-13-31-22(16-28)15-27-19(2)23-9-5-7-20-6-3-4-8-24(20)23/h3-11,14,19,22,27H,12-13,15-17H2,1-2H3,(H,29,30)/t19-,22?/m1/s1. The smallest absolute Gasteiger partial charge is 0.341 e. The molecule has 2 atom stereocenters. The summed E-state index contributed by atoms with van der Waals surface area (Å²) in [4.78, 5) is 13.1. The van der Waals surface area contributed by atoms with E-state index in [-0.39, 0.29) is 18.8 Å². The Hall–Kier alpha value is -3.09. The van der Waals surface area contributed by atoms with Crippen molar-refractivity contribution in [1.82, 2.24) is 5.32 Å². The van der Waals surface area contributed by atoms with Crippen LogP contribution < -0.4 is 15.0 Å². The monoisotopic (exact) mass is 434 g/mol. The van der Waals surface area contributed by atoms with Crippen LogP contribution in [0.2, 0.25) is 0 Å². The molecular formula is C26H30N2O4. The quantitative estimate of drug-likeness (QED) is 0.555. The van der Waals surface area contributed by atoms with Gasteiger partial charge in [0.15, 0.2) is 6.61 Å². The Morgan fingerprint density at radius 2 is 2.03 bits per heavy atom. The van der Waals surface area contributed by atoms with Crippen LogP contribution in [-0.4, -0.2) is 50.0 Å². The molecule has 1 unspecified atom stereocenters. The minimum Gasteiger partial charge on any atom is -0.482 e. The Kier molecular flexibility index (Phi) is 6.93. The van der Waals surface area contributed by atoms with Crippen molar-refractivity contribution in [3.63, 3.8) is 0 Å². The molecule has 3 aromatic rings. The lowest BCUT2D eigenvalue weighted by Crippen LogP contribution is -2.47. The summed E-state index contributed by atoms with van der Waals surface area (Å²) in [7, 11) is 0. The van der Waals surface area contributed by atoms with Crippen molar-refractivity contribution >= 4 is 22.4 Å². The van der Waals surface area contributed by atoms with E-state index in [1.54, 1.807) is 0 Å². The molecule has 1 aliphatic heterocycles. The van der Waals surface area contributed by atoms with Crippen molar-refractivity contribution in [1.29, 1.82) is 0 Å². The van der Waals surface area contributed by atoms with Crippen molar-refractivity contribution in [3.05, 3.63) is 71.8 Å². The molecule has 1 fully saturated rings.